The van der Waals surface area contributed by atoms with Crippen molar-refractivity contribution in [3.05, 3.63) is 124 Å². The number of aromatic nitrogens is 7. The van der Waals surface area contributed by atoms with Crippen LogP contribution in [-0.4, -0.2) is 45.2 Å². The van der Waals surface area contributed by atoms with Crippen LogP contribution in [0.25, 0.3) is 22.3 Å². The maximum atomic E-state index is 14.3. The molecule has 228 valence electrons. The average Bonchev–Trinajstić information content (AvgIpc) is 3.46. The molecule has 0 unspecified atom stereocenters. The van der Waals surface area contributed by atoms with Crippen LogP contribution in [0, 0.1) is 17.1 Å². The number of nitriles is 1. The highest BCUT2D eigenvalue weighted by atomic mass is 19.1. The van der Waals surface area contributed by atoms with E-state index in [-0.39, 0.29) is 46.8 Å². The summed E-state index contributed by atoms with van der Waals surface area (Å²) in [5, 5.41) is 26.7. The lowest BCUT2D eigenvalue weighted by atomic mass is 10.1. The van der Waals surface area contributed by atoms with Crippen LogP contribution in [0.1, 0.15) is 40.2 Å². The molecule has 7 rings (SSSR count). The van der Waals surface area contributed by atoms with E-state index in [1.54, 1.807) is 48.8 Å². The molecule has 1 aliphatic carbocycles. The molecule has 1 N–H and O–H groups in total. The summed E-state index contributed by atoms with van der Waals surface area (Å²) in [6.07, 6.45) is 6.86. The predicted molar refractivity (Wildman–Crippen MR) is 162 cm³/mol. The van der Waals surface area contributed by atoms with E-state index in [0.717, 1.165) is 18.9 Å². The lowest BCUT2D eigenvalue weighted by Gasteiger charge is -2.19. The minimum absolute atomic E-state index is 0.0806. The fourth-order valence-electron chi connectivity index (χ4n) is 5.45. The summed E-state index contributed by atoms with van der Waals surface area (Å²) in [5.74, 6) is -0.728. The van der Waals surface area contributed by atoms with Gasteiger partial charge in [-0.3, -0.25) is 4.79 Å². The van der Waals surface area contributed by atoms with E-state index < -0.39 is 11.8 Å². The Morgan fingerprint density at radius 2 is 1.93 bits per heavy atom. The zero-order chi connectivity index (χ0) is 31.8. The minimum atomic E-state index is -1.04. The van der Waals surface area contributed by atoms with Crippen molar-refractivity contribution in [1.82, 2.24) is 34.1 Å². The fourth-order valence-corrected chi connectivity index (χ4v) is 5.45. The van der Waals surface area contributed by atoms with Crippen LogP contribution in [0.5, 0.6) is 5.88 Å². The van der Waals surface area contributed by atoms with E-state index >= 15 is 0 Å². The van der Waals surface area contributed by atoms with Gasteiger partial charge in [0.2, 0.25) is 5.88 Å². The molecular formula is C33H25FN8O4. The molecule has 4 aromatic heterocycles. The standard InChI is InChI=1S/C33H25FN8O4/c34-25-14-21(17-35)4-5-24(25)19-46-30-3-1-2-26(38-30)22-8-12-40(31(43)16-22)18-29-37-27-7-6-23(32(44)45)15-28(27)41(29)20-33(9-10-33)42-13-11-36-39-42/h1-8,11-16H,9-10,18-20H2,(H,44,45). The molecule has 2 aromatic carbocycles. The first-order chi connectivity index (χ1) is 22.3. The number of ether oxygens (including phenoxy) is 1. The highest BCUT2D eigenvalue weighted by molar-refractivity contribution is 5.92. The molecule has 0 bridgehead atoms. The van der Waals surface area contributed by atoms with Crippen LogP contribution < -0.4 is 10.3 Å². The van der Waals surface area contributed by atoms with Crippen molar-refractivity contribution in [2.45, 2.75) is 38.1 Å². The van der Waals surface area contributed by atoms with Crippen molar-refractivity contribution in [2.75, 3.05) is 0 Å². The van der Waals surface area contributed by atoms with Gasteiger partial charge in [0, 0.05) is 42.2 Å². The summed E-state index contributed by atoms with van der Waals surface area (Å²) in [6.45, 7) is 0.556. The first kappa shape index (κ1) is 28.6. The summed E-state index contributed by atoms with van der Waals surface area (Å²) < 4.78 is 25.3. The Kier molecular flexibility index (Phi) is 7.09. The molecule has 0 atom stereocenters. The van der Waals surface area contributed by atoms with Crippen molar-refractivity contribution in [3.63, 3.8) is 0 Å². The quantitative estimate of drug-likeness (QED) is 0.236. The number of benzene rings is 2. The van der Waals surface area contributed by atoms with E-state index in [4.69, 9.17) is 15.0 Å². The molecule has 13 heteroatoms. The Morgan fingerprint density at radius 1 is 1.07 bits per heavy atom. The van der Waals surface area contributed by atoms with E-state index in [2.05, 4.69) is 15.3 Å². The molecule has 46 heavy (non-hydrogen) atoms. The number of rotatable bonds is 10. The van der Waals surface area contributed by atoms with Crippen LogP contribution in [0.3, 0.4) is 0 Å². The Morgan fingerprint density at radius 3 is 2.65 bits per heavy atom. The summed E-state index contributed by atoms with van der Waals surface area (Å²) in [4.78, 5) is 34.4. The highest BCUT2D eigenvalue weighted by Gasteiger charge is 2.46. The van der Waals surface area contributed by atoms with Crippen LogP contribution in [0.15, 0.2) is 90.1 Å². The highest BCUT2D eigenvalue weighted by Crippen LogP contribution is 2.45. The Labute approximate surface area is 260 Å². The van der Waals surface area contributed by atoms with E-state index in [1.165, 1.54) is 28.8 Å². The molecule has 1 saturated carbocycles. The number of hydrogen-bond donors (Lipinski definition) is 1. The number of pyridine rings is 2. The summed E-state index contributed by atoms with van der Waals surface area (Å²) in [7, 11) is 0. The van der Waals surface area contributed by atoms with Crippen LogP contribution in [-0.2, 0) is 25.2 Å². The van der Waals surface area contributed by atoms with Gasteiger partial charge in [0.1, 0.15) is 18.2 Å². The van der Waals surface area contributed by atoms with E-state index in [0.29, 0.717) is 34.7 Å². The molecule has 0 aliphatic heterocycles. The number of hydrogen-bond acceptors (Lipinski definition) is 8. The van der Waals surface area contributed by atoms with Gasteiger partial charge in [-0.15, -0.1) is 5.10 Å². The molecule has 12 nitrogen and oxygen atoms in total. The second kappa shape index (κ2) is 11.4. The zero-order valence-electron chi connectivity index (χ0n) is 24.2. The molecule has 0 spiro atoms. The SMILES string of the molecule is N#Cc1ccc(COc2cccc(-c3ccn(Cc4nc5ccc(C(=O)O)cc5n4CC4(n5ccnn5)CC4)c(=O)c3)n2)c(F)c1. The molecule has 1 fully saturated rings. The van der Waals surface area contributed by atoms with Gasteiger partial charge in [-0.2, -0.15) is 5.26 Å². The number of halogens is 1. The second-order valence-corrected chi connectivity index (χ2v) is 11.1. The Balaban J connectivity index is 1.15. The van der Waals surface area contributed by atoms with Crippen LogP contribution in [0.2, 0.25) is 0 Å². The Bertz CT molecular complexity index is 2210. The van der Waals surface area contributed by atoms with Crippen molar-refractivity contribution in [1.29, 1.82) is 5.26 Å². The van der Waals surface area contributed by atoms with Crippen molar-refractivity contribution >= 4 is 17.0 Å². The maximum absolute atomic E-state index is 14.3. The lowest BCUT2D eigenvalue weighted by molar-refractivity contribution is 0.0697. The lowest BCUT2D eigenvalue weighted by Crippen LogP contribution is -2.27. The third kappa shape index (κ3) is 5.48. The Hall–Kier alpha value is -6.16. The second-order valence-electron chi connectivity index (χ2n) is 11.1. The van der Waals surface area contributed by atoms with Gasteiger partial charge in [-0.05, 0) is 55.3 Å². The molecular weight excluding hydrogens is 591 g/mol. The molecule has 6 aromatic rings. The molecule has 1 aliphatic rings. The fraction of sp³-hybridized carbons (Fsp3) is 0.182. The molecule has 0 radical (unpaired) electrons. The smallest absolute Gasteiger partial charge is 0.335 e. The van der Waals surface area contributed by atoms with E-state index in [9.17, 15) is 19.1 Å². The van der Waals surface area contributed by atoms with Crippen LogP contribution >= 0.6 is 0 Å². The van der Waals surface area contributed by atoms with Gasteiger partial charge >= 0.3 is 5.97 Å². The average molecular weight is 617 g/mol. The van der Waals surface area contributed by atoms with Crippen molar-refractivity contribution in [3.8, 4) is 23.2 Å². The third-order valence-corrected chi connectivity index (χ3v) is 8.15. The number of fused-ring (bicyclic) bond motifs is 1. The normalized spacial score (nSPS) is 13.4. The van der Waals surface area contributed by atoms with Crippen molar-refractivity contribution in [2.24, 2.45) is 0 Å². The summed E-state index contributed by atoms with van der Waals surface area (Å²) in [5.41, 5.74) is 2.41. The van der Waals surface area contributed by atoms with Gasteiger partial charge < -0.3 is 19.0 Å². The summed E-state index contributed by atoms with van der Waals surface area (Å²) in [6, 6.07) is 19.2. The monoisotopic (exact) mass is 616 g/mol. The first-order valence-corrected chi connectivity index (χ1v) is 14.4. The van der Waals surface area contributed by atoms with Gasteiger partial charge in [0.25, 0.3) is 5.56 Å². The first-order valence-electron chi connectivity index (χ1n) is 14.4. The third-order valence-electron chi connectivity index (χ3n) is 8.15. The number of aromatic carboxylic acids is 1. The van der Waals surface area contributed by atoms with Gasteiger partial charge in [-0.1, -0.05) is 17.3 Å². The number of carboxylic acid groups (broad SMARTS) is 1. The predicted octanol–water partition coefficient (Wildman–Crippen LogP) is 4.38. The maximum Gasteiger partial charge on any atom is 0.335 e. The van der Waals surface area contributed by atoms with Crippen molar-refractivity contribution < 1.29 is 19.0 Å². The molecule has 0 saturated heterocycles. The van der Waals surface area contributed by atoms with E-state index in [1.807, 2.05) is 21.5 Å². The number of carboxylic acids is 1. The number of nitrogens with zero attached hydrogens (tertiary/aromatic N) is 8. The van der Waals surface area contributed by atoms with Gasteiger partial charge in [0.15, 0.2) is 0 Å². The number of imidazole rings is 1. The van der Waals surface area contributed by atoms with Gasteiger partial charge in [-0.25, -0.2) is 23.8 Å². The summed E-state index contributed by atoms with van der Waals surface area (Å²) >= 11 is 0. The largest absolute Gasteiger partial charge is 0.478 e. The molecule has 0 amide bonds. The number of carbonyl (C=O) groups is 1. The minimum Gasteiger partial charge on any atom is -0.478 e. The topological polar surface area (TPSA) is 154 Å². The van der Waals surface area contributed by atoms with Gasteiger partial charge in [0.05, 0.1) is 52.2 Å². The molecule has 4 heterocycles. The zero-order valence-corrected chi connectivity index (χ0v) is 24.2. The van der Waals surface area contributed by atoms with Crippen LogP contribution in [0.4, 0.5) is 4.39 Å².